The molecule has 0 spiro atoms. The SMILES string of the molecule is CC(=O)Nc1cccc(C(=O)O[C@@H](C)C(=O)Nc2ccc(C)c(F)c2)c1. The van der Waals surface area contributed by atoms with E-state index in [1.54, 1.807) is 25.1 Å². The smallest absolute Gasteiger partial charge is 0.338 e. The van der Waals surface area contributed by atoms with Gasteiger partial charge in [-0.3, -0.25) is 9.59 Å². The van der Waals surface area contributed by atoms with Crippen LogP contribution in [0.25, 0.3) is 0 Å². The van der Waals surface area contributed by atoms with Crippen LogP contribution in [0.5, 0.6) is 0 Å². The highest BCUT2D eigenvalue weighted by molar-refractivity contribution is 5.98. The van der Waals surface area contributed by atoms with Crippen molar-refractivity contribution in [2.24, 2.45) is 0 Å². The van der Waals surface area contributed by atoms with Crippen molar-refractivity contribution in [2.45, 2.75) is 26.9 Å². The average molecular weight is 358 g/mol. The number of hydrogen-bond donors (Lipinski definition) is 2. The van der Waals surface area contributed by atoms with Gasteiger partial charge < -0.3 is 15.4 Å². The van der Waals surface area contributed by atoms with Crippen LogP contribution >= 0.6 is 0 Å². The van der Waals surface area contributed by atoms with E-state index >= 15 is 0 Å². The van der Waals surface area contributed by atoms with Crippen LogP contribution < -0.4 is 10.6 Å². The summed E-state index contributed by atoms with van der Waals surface area (Å²) in [6, 6.07) is 10.5. The molecule has 0 aliphatic rings. The van der Waals surface area contributed by atoms with Crippen LogP contribution in [-0.4, -0.2) is 23.9 Å². The number of hydrogen-bond acceptors (Lipinski definition) is 4. The lowest BCUT2D eigenvalue weighted by Gasteiger charge is -2.14. The minimum absolute atomic E-state index is 0.192. The largest absolute Gasteiger partial charge is 0.449 e. The van der Waals surface area contributed by atoms with Crippen LogP contribution in [0.15, 0.2) is 42.5 Å². The number of ether oxygens (including phenoxy) is 1. The molecule has 0 fully saturated rings. The molecule has 0 heterocycles. The van der Waals surface area contributed by atoms with E-state index in [0.717, 1.165) is 0 Å². The van der Waals surface area contributed by atoms with Crippen molar-refractivity contribution in [1.82, 2.24) is 0 Å². The van der Waals surface area contributed by atoms with Crippen LogP contribution in [-0.2, 0) is 14.3 Å². The Morgan fingerprint density at radius 2 is 1.73 bits per heavy atom. The molecule has 6 nitrogen and oxygen atoms in total. The van der Waals surface area contributed by atoms with Gasteiger partial charge in [-0.15, -0.1) is 0 Å². The second-order valence-corrected chi connectivity index (χ2v) is 5.76. The van der Waals surface area contributed by atoms with Gasteiger partial charge in [0.2, 0.25) is 5.91 Å². The molecule has 0 saturated carbocycles. The molecule has 2 aromatic carbocycles. The van der Waals surface area contributed by atoms with E-state index in [-0.39, 0.29) is 17.2 Å². The maximum Gasteiger partial charge on any atom is 0.338 e. The molecule has 0 saturated heterocycles. The van der Waals surface area contributed by atoms with Gasteiger partial charge in [-0.1, -0.05) is 12.1 Å². The Morgan fingerprint density at radius 3 is 2.38 bits per heavy atom. The minimum Gasteiger partial charge on any atom is -0.449 e. The van der Waals surface area contributed by atoms with Gasteiger partial charge in [0.1, 0.15) is 5.82 Å². The van der Waals surface area contributed by atoms with Crippen molar-refractivity contribution in [3.63, 3.8) is 0 Å². The number of halogens is 1. The van der Waals surface area contributed by atoms with Gasteiger partial charge >= 0.3 is 5.97 Å². The molecule has 2 rings (SSSR count). The summed E-state index contributed by atoms with van der Waals surface area (Å²) in [6.07, 6.45) is -1.09. The molecule has 0 aliphatic carbocycles. The predicted octanol–water partition coefficient (Wildman–Crippen LogP) is 3.28. The first-order valence-electron chi connectivity index (χ1n) is 7.92. The van der Waals surface area contributed by atoms with E-state index in [9.17, 15) is 18.8 Å². The Labute approximate surface area is 150 Å². The molecule has 2 N–H and O–H groups in total. The van der Waals surface area contributed by atoms with Crippen LogP contribution in [0.2, 0.25) is 0 Å². The standard InChI is InChI=1S/C19H19FN2O4/c1-11-7-8-16(10-17(11)20)22-18(24)12(2)26-19(25)14-5-4-6-15(9-14)21-13(3)23/h4-10,12H,1-3H3,(H,21,23)(H,22,24)/t12-/m0/s1. The summed E-state index contributed by atoms with van der Waals surface area (Å²) < 4.78 is 18.7. The summed E-state index contributed by atoms with van der Waals surface area (Å²) in [5.74, 6) is -2.01. The summed E-state index contributed by atoms with van der Waals surface area (Å²) in [6.45, 7) is 4.38. The lowest BCUT2D eigenvalue weighted by molar-refractivity contribution is -0.123. The molecule has 0 radical (unpaired) electrons. The molecule has 0 aliphatic heterocycles. The van der Waals surface area contributed by atoms with Gasteiger partial charge in [-0.25, -0.2) is 9.18 Å². The van der Waals surface area contributed by atoms with Gasteiger partial charge in [-0.05, 0) is 49.7 Å². The number of carbonyl (C=O) groups excluding carboxylic acids is 3. The van der Waals surface area contributed by atoms with Crippen LogP contribution in [0.3, 0.4) is 0 Å². The molecule has 0 unspecified atom stereocenters. The quantitative estimate of drug-likeness (QED) is 0.804. The van der Waals surface area contributed by atoms with Crippen molar-refractivity contribution < 1.29 is 23.5 Å². The van der Waals surface area contributed by atoms with E-state index in [1.807, 2.05) is 0 Å². The molecular formula is C19H19FN2O4. The molecule has 2 aromatic rings. The first-order chi connectivity index (χ1) is 12.3. The summed E-state index contributed by atoms with van der Waals surface area (Å²) in [4.78, 5) is 35.4. The Hall–Kier alpha value is -3.22. The fourth-order valence-corrected chi connectivity index (χ4v) is 2.12. The maximum atomic E-state index is 13.5. The highest BCUT2D eigenvalue weighted by Crippen LogP contribution is 2.15. The average Bonchev–Trinajstić information content (AvgIpc) is 2.57. The molecule has 2 amide bonds. The van der Waals surface area contributed by atoms with E-state index in [0.29, 0.717) is 11.3 Å². The first-order valence-corrected chi connectivity index (χ1v) is 7.92. The highest BCUT2D eigenvalue weighted by Gasteiger charge is 2.19. The van der Waals surface area contributed by atoms with Gasteiger partial charge in [0.05, 0.1) is 5.56 Å². The lowest BCUT2D eigenvalue weighted by Crippen LogP contribution is -2.30. The Balaban J connectivity index is 2.00. The maximum absolute atomic E-state index is 13.5. The lowest BCUT2D eigenvalue weighted by atomic mass is 10.2. The van der Waals surface area contributed by atoms with Gasteiger partial charge in [-0.2, -0.15) is 0 Å². The van der Waals surface area contributed by atoms with E-state index < -0.39 is 23.8 Å². The molecule has 26 heavy (non-hydrogen) atoms. The van der Waals surface area contributed by atoms with Gasteiger partial charge in [0.25, 0.3) is 5.91 Å². The normalized spacial score (nSPS) is 11.4. The van der Waals surface area contributed by atoms with Crippen molar-refractivity contribution >= 4 is 29.2 Å². The third-order valence-electron chi connectivity index (χ3n) is 3.51. The van der Waals surface area contributed by atoms with Crippen molar-refractivity contribution in [3.05, 3.63) is 59.4 Å². The second kappa shape index (κ2) is 8.24. The number of aryl methyl sites for hydroxylation is 1. The number of anilines is 2. The third-order valence-corrected chi connectivity index (χ3v) is 3.51. The van der Waals surface area contributed by atoms with Crippen molar-refractivity contribution in [3.8, 4) is 0 Å². The second-order valence-electron chi connectivity index (χ2n) is 5.76. The zero-order valence-electron chi connectivity index (χ0n) is 14.6. The Morgan fingerprint density at radius 1 is 1.04 bits per heavy atom. The summed E-state index contributed by atoms with van der Waals surface area (Å²) in [5, 5.41) is 5.05. The van der Waals surface area contributed by atoms with Crippen molar-refractivity contribution in [1.29, 1.82) is 0 Å². The Kier molecular flexibility index (Phi) is 6.06. The number of esters is 1. The summed E-state index contributed by atoms with van der Waals surface area (Å²) in [7, 11) is 0. The fraction of sp³-hybridized carbons (Fsp3) is 0.211. The number of carbonyl (C=O) groups is 3. The Bertz CT molecular complexity index is 851. The van der Waals surface area contributed by atoms with Gasteiger partial charge in [0, 0.05) is 18.3 Å². The molecular weight excluding hydrogens is 339 g/mol. The fourth-order valence-electron chi connectivity index (χ4n) is 2.12. The molecule has 1 atom stereocenters. The number of benzene rings is 2. The van der Waals surface area contributed by atoms with Crippen molar-refractivity contribution in [2.75, 3.05) is 10.6 Å². The summed E-state index contributed by atoms with van der Waals surface area (Å²) >= 11 is 0. The number of amides is 2. The van der Waals surface area contributed by atoms with Crippen LogP contribution in [0, 0.1) is 12.7 Å². The van der Waals surface area contributed by atoms with Crippen LogP contribution in [0.4, 0.5) is 15.8 Å². The molecule has 136 valence electrons. The van der Waals surface area contributed by atoms with E-state index in [2.05, 4.69) is 10.6 Å². The van der Waals surface area contributed by atoms with Crippen LogP contribution in [0.1, 0.15) is 29.8 Å². The number of rotatable bonds is 5. The predicted molar refractivity (Wildman–Crippen MR) is 95.4 cm³/mol. The highest BCUT2D eigenvalue weighted by atomic mass is 19.1. The summed E-state index contributed by atoms with van der Waals surface area (Å²) in [5.41, 5.74) is 1.37. The molecule has 0 aromatic heterocycles. The van der Waals surface area contributed by atoms with E-state index in [1.165, 1.54) is 38.1 Å². The molecule has 0 bridgehead atoms. The third kappa shape index (κ3) is 5.14. The zero-order valence-corrected chi connectivity index (χ0v) is 14.6. The number of nitrogens with one attached hydrogen (secondary N) is 2. The van der Waals surface area contributed by atoms with E-state index in [4.69, 9.17) is 4.74 Å². The first kappa shape index (κ1) is 19.1. The zero-order chi connectivity index (χ0) is 19.3. The van der Waals surface area contributed by atoms with Gasteiger partial charge in [0.15, 0.2) is 6.10 Å². The molecule has 7 heteroatoms. The monoisotopic (exact) mass is 358 g/mol. The minimum atomic E-state index is -1.09. The topological polar surface area (TPSA) is 84.5 Å².